The van der Waals surface area contributed by atoms with E-state index in [9.17, 15) is 8.42 Å². The van der Waals surface area contributed by atoms with Crippen LogP contribution < -0.4 is 5.32 Å². The summed E-state index contributed by atoms with van der Waals surface area (Å²) in [5.41, 5.74) is 1.86. The van der Waals surface area contributed by atoms with Gasteiger partial charge in [0.15, 0.2) is 15.5 Å². The summed E-state index contributed by atoms with van der Waals surface area (Å²) < 4.78 is 24.8. The van der Waals surface area contributed by atoms with Crippen LogP contribution in [-0.4, -0.2) is 41.1 Å². The van der Waals surface area contributed by atoms with E-state index in [1.807, 2.05) is 12.1 Å². The van der Waals surface area contributed by atoms with Gasteiger partial charge >= 0.3 is 0 Å². The average Bonchev–Trinajstić information content (AvgIpc) is 3.02. The van der Waals surface area contributed by atoms with Gasteiger partial charge in [-0.15, -0.1) is 0 Å². The monoisotopic (exact) mass is 308 g/mol. The number of nitrogens with one attached hydrogen (secondary N) is 1. The first-order valence-electron chi connectivity index (χ1n) is 7.35. The highest BCUT2D eigenvalue weighted by atomic mass is 32.2. The van der Waals surface area contributed by atoms with Gasteiger partial charge in [-0.2, -0.15) is 9.61 Å². The zero-order chi connectivity index (χ0) is 14.9. The fraction of sp³-hybridized carbons (Fsp3) is 0.571. The van der Waals surface area contributed by atoms with Crippen LogP contribution in [0.1, 0.15) is 25.5 Å². The summed E-state index contributed by atoms with van der Waals surface area (Å²) in [4.78, 5) is 4.55. The molecular formula is C14H20N4O2S. The molecule has 1 N–H and O–H groups in total. The van der Waals surface area contributed by atoms with Crippen LogP contribution in [0, 0.1) is 5.92 Å². The van der Waals surface area contributed by atoms with Crippen molar-refractivity contribution in [2.45, 2.75) is 26.2 Å². The van der Waals surface area contributed by atoms with Gasteiger partial charge in [0.25, 0.3) is 0 Å². The highest BCUT2D eigenvalue weighted by molar-refractivity contribution is 7.91. The van der Waals surface area contributed by atoms with E-state index in [1.54, 1.807) is 10.7 Å². The van der Waals surface area contributed by atoms with Gasteiger partial charge in [-0.25, -0.2) is 13.4 Å². The van der Waals surface area contributed by atoms with Crippen LogP contribution in [0.25, 0.3) is 5.65 Å². The Morgan fingerprint density at radius 1 is 1.48 bits per heavy atom. The molecule has 0 radical (unpaired) electrons. The average molecular weight is 308 g/mol. The number of aromatic nitrogens is 3. The molecule has 0 bridgehead atoms. The van der Waals surface area contributed by atoms with Crippen molar-refractivity contribution in [3.05, 3.63) is 24.0 Å². The fourth-order valence-electron chi connectivity index (χ4n) is 2.76. The second-order valence-electron chi connectivity index (χ2n) is 5.63. The van der Waals surface area contributed by atoms with E-state index in [-0.39, 0.29) is 11.7 Å². The van der Waals surface area contributed by atoms with E-state index in [0.29, 0.717) is 12.3 Å². The lowest BCUT2D eigenvalue weighted by atomic mass is 10.1. The van der Waals surface area contributed by atoms with Crippen LogP contribution in [0.15, 0.2) is 18.3 Å². The van der Waals surface area contributed by atoms with Gasteiger partial charge in [-0.3, -0.25) is 0 Å². The number of anilines is 1. The Kier molecular flexibility index (Phi) is 3.84. The van der Waals surface area contributed by atoms with E-state index in [2.05, 4.69) is 22.3 Å². The first kappa shape index (κ1) is 14.3. The summed E-state index contributed by atoms with van der Waals surface area (Å²) in [6, 6.07) is 3.89. The topological polar surface area (TPSA) is 76.4 Å². The van der Waals surface area contributed by atoms with Crippen LogP contribution in [0.2, 0.25) is 0 Å². The summed E-state index contributed by atoms with van der Waals surface area (Å²) in [6.07, 6.45) is 4.43. The maximum atomic E-state index is 11.5. The Hall–Kier alpha value is -1.63. The standard InChI is InChI=1S/C14H20N4O2S/c1-2-3-12-8-14(18-13(17-12)4-6-16-18)15-9-11-5-7-21(19,20)10-11/h4,6,8,11,15H,2-3,5,7,9-10H2,1H3. The molecule has 0 saturated carbocycles. The minimum atomic E-state index is -2.82. The van der Waals surface area contributed by atoms with Crippen molar-refractivity contribution in [2.24, 2.45) is 5.92 Å². The SMILES string of the molecule is CCCc1cc(NCC2CCS(=O)(=O)C2)n2nccc2n1. The molecule has 1 aliphatic rings. The number of sulfone groups is 1. The van der Waals surface area contributed by atoms with E-state index in [1.165, 1.54) is 0 Å². The summed E-state index contributed by atoms with van der Waals surface area (Å²) in [5, 5.41) is 7.62. The number of hydrogen-bond donors (Lipinski definition) is 1. The number of rotatable bonds is 5. The minimum Gasteiger partial charge on any atom is -0.370 e. The molecule has 0 amide bonds. The zero-order valence-corrected chi connectivity index (χ0v) is 12.9. The van der Waals surface area contributed by atoms with Crippen molar-refractivity contribution < 1.29 is 8.42 Å². The second-order valence-corrected chi connectivity index (χ2v) is 7.86. The van der Waals surface area contributed by atoms with Gasteiger partial charge < -0.3 is 5.32 Å². The van der Waals surface area contributed by atoms with Gasteiger partial charge in [0, 0.05) is 24.4 Å². The third-order valence-electron chi connectivity index (χ3n) is 3.82. The largest absolute Gasteiger partial charge is 0.370 e. The van der Waals surface area contributed by atoms with Crippen LogP contribution in [0.4, 0.5) is 5.82 Å². The van der Waals surface area contributed by atoms with E-state index in [4.69, 9.17) is 0 Å². The third-order valence-corrected chi connectivity index (χ3v) is 5.65. The predicted molar refractivity (Wildman–Crippen MR) is 82.2 cm³/mol. The van der Waals surface area contributed by atoms with Crippen molar-refractivity contribution in [3.63, 3.8) is 0 Å². The number of fused-ring (bicyclic) bond motifs is 1. The number of nitrogens with zero attached hydrogens (tertiary/aromatic N) is 3. The maximum Gasteiger partial charge on any atom is 0.157 e. The van der Waals surface area contributed by atoms with Crippen molar-refractivity contribution >= 4 is 21.3 Å². The molecule has 3 heterocycles. The molecule has 1 fully saturated rings. The molecule has 114 valence electrons. The molecule has 21 heavy (non-hydrogen) atoms. The van der Waals surface area contributed by atoms with Crippen LogP contribution >= 0.6 is 0 Å². The van der Waals surface area contributed by atoms with E-state index in [0.717, 1.165) is 36.4 Å². The van der Waals surface area contributed by atoms with Gasteiger partial charge in [-0.1, -0.05) is 13.3 Å². The molecular weight excluding hydrogens is 288 g/mol. The van der Waals surface area contributed by atoms with Crippen LogP contribution in [0.5, 0.6) is 0 Å². The van der Waals surface area contributed by atoms with Gasteiger partial charge in [0.1, 0.15) is 5.82 Å². The first-order valence-corrected chi connectivity index (χ1v) is 9.17. The third kappa shape index (κ3) is 3.18. The highest BCUT2D eigenvalue weighted by Crippen LogP contribution is 2.20. The van der Waals surface area contributed by atoms with Crippen LogP contribution in [-0.2, 0) is 16.3 Å². The van der Waals surface area contributed by atoms with Crippen molar-refractivity contribution in [1.29, 1.82) is 0 Å². The van der Waals surface area contributed by atoms with Crippen molar-refractivity contribution in [3.8, 4) is 0 Å². The molecule has 1 saturated heterocycles. The molecule has 1 atom stereocenters. The zero-order valence-electron chi connectivity index (χ0n) is 12.1. The highest BCUT2D eigenvalue weighted by Gasteiger charge is 2.27. The normalized spacial score (nSPS) is 20.9. The Morgan fingerprint density at radius 2 is 2.33 bits per heavy atom. The molecule has 0 spiro atoms. The lowest BCUT2D eigenvalue weighted by Crippen LogP contribution is -2.17. The molecule has 0 aromatic carbocycles. The fourth-order valence-corrected chi connectivity index (χ4v) is 4.62. The van der Waals surface area contributed by atoms with Gasteiger partial charge in [0.05, 0.1) is 17.7 Å². The summed E-state index contributed by atoms with van der Waals surface area (Å²) in [6.45, 7) is 2.78. The Labute approximate surface area is 124 Å². The van der Waals surface area contributed by atoms with Crippen LogP contribution in [0.3, 0.4) is 0 Å². The Morgan fingerprint density at radius 3 is 3.05 bits per heavy atom. The summed E-state index contributed by atoms with van der Waals surface area (Å²) in [5.74, 6) is 1.67. The molecule has 0 aliphatic carbocycles. The molecule has 1 unspecified atom stereocenters. The molecule has 6 nitrogen and oxygen atoms in total. The van der Waals surface area contributed by atoms with Gasteiger partial charge in [-0.05, 0) is 18.8 Å². The summed E-state index contributed by atoms with van der Waals surface area (Å²) >= 11 is 0. The number of hydrogen-bond acceptors (Lipinski definition) is 5. The minimum absolute atomic E-state index is 0.184. The Balaban J connectivity index is 1.78. The predicted octanol–water partition coefficient (Wildman–Crippen LogP) is 1.53. The van der Waals surface area contributed by atoms with E-state index < -0.39 is 9.84 Å². The molecule has 3 rings (SSSR count). The lowest BCUT2D eigenvalue weighted by Gasteiger charge is -2.13. The van der Waals surface area contributed by atoms with Crippen molar-refractivity contribution in [1.82, 2.24) is 14.6 Å². The quantitative estimate of drug-likeness (QED) is 0.906. The lowest BCUT2D eigenvalue weighted by molar-refractivity contribution is 0.595. The number of aryl methyl sites for hydroxylation is 1. The van der Waals surface area contributed by atoms with Gasteiger partial charge in [0.2, 0.25) is 0 Å². The maximum absolute atomic E-state index is 11.5. The first-order chi connectivity index (χ1) is 10.1. The Bertz CT molecular complexity index is 739. The smallest absolute Gasteiger partial charge is 0.157 e. The van der Waals surface area contributed by atoms with Crippen molar-refractivity contribution in [2.75, 3.05) is 23.4 Å². The second kappa shape index (κ2) is 5.63. The molecule has 2 aromatic rings. The molecule has 2 aromatic heterocycles. The van der Waals surface area contributed by atoms with E-state index >= 15 is 0 Å². The molecule has 1 aliphatic heterocycles. The summed E-state index contributed by atoms with van der Waals surface area (Å²) in [7, 11) is -2.82. The molecule has 7 heteroatoms.